The van der Waals surface area contributed by atoms with E-state index in [9.17, 15) is 4.79 Å². The summed E-state index contributed by atoms with van der Waals surface area (Å²) in [5, 5.41) is 5.51. The highest BCUT2D eigenvalue weighted by atomic mass is 16.5. The molecular weight excluding hydrogens is 334 g/mol. The van der Waals surface area contributed by atoms with Gasteiger partial charge in [0.2, 0.25) is 5.75 Å². The van der Waals surface area contributed by atoms with Crippen molar-refractivity contribution in [1.82, 2.24) is 4.98 Å². The fraction of sp³-hybridized carbons (Fsp3) is 0.368. The number of benzene rings is 1. The topological polar surface area (TPSA) is 81.7 Å². The highest BCUT2D eigenvalue weighted by Crippen LogP contribution is 2.40. The quantitative estimate of drug-likeness (QED) is 0.737. The van der Waals surface area contributed by atoms with E-state index in [-0.39, 0.29) is 6.03 Å². The minimum atomic E-state index is -0.385. The number of hydrogen-bond acceptors (Lipinski definition) is 5. The van der Waals surface area contributed by atoms with Gasteiger partial charge in [-0.05, 0) is 39.8 Å². The number of amides is 2. The van der Waals surface area contributed by atoms with Crippen LogP contribution in [0.3, 0.4) is 0 Å². The molecule has 7 nitrogen and oxygen atoms in total. The first kappa shape index (κ1) is 19.4. The Morgan fingerprint density at radius 2 is 1.50 bits per heavy atom. The third kappa shape index (κ3) is 5.27. The maximum atomic E-state index is 12.3. The van der Waals surface area contributed by atoms with Crippen LogP contribution in [0.1, 0.15) is 26.5 Å². The summed E-state index contributed by atoms with van der Waals surface area (Å²) in [4.78, 5) is 16.4. The van der Waals surface area contributed by atoms with Gasteiger partial charge in [0.25, 0.3) is 0 Å². The normalized spacial score (nSPS) is 10.2. The molecule has 0 aliphatic rings. The number of pyridine rings is 1. The van der Waals surface area contributed by atoms with E-state index in [0.29, 0.717) is 48.4 Å². The number of ether oxygens (including phenoxy) is 3. The van der Waals surface area contributed by atoms with Crippen LogP contribution in [0.25, 0.3) is 0 Å². The number of aromatic nitrogens is 1. The molecule has 1 heterocycles. The Kier molecular flexibility index (Phi) is 7.08. The van der Waals surface area contributed by atoms with E-state index in [1.54, 1.807) is 24.4 Å². The van der Waals surface area contributed by atoms with Crippen LogP contribution in [-0.2, 0) is 0 Å². The van der Waals surface area contributed by atoms with Crippen molar-refractivity contribution in [3.05, 3.63) is 36.2 Å². The molecule has 0 aliphatic heterocycles. The van der Waals surface area contributed by atoms with E-state index in [4.69, 9.17) is 14.2 Å². The molecule has 0 saturated carbocycles. The lowest BCUT2D eigenvalue weighted by atomic mass is 10.2. The number of carbonyl (C=O) groups is 1. The van der Waals surface area contributed by atoms with Crippen LogP contribution in [0.5, 0.6) is 17.2 Å². The van der Waals surface area contributed by atoms with Gasteiger partial charge in [0.1, 0.15) is 0 Å². The number of carbonyl (C=O) groups excluding carboxylic acids is 1. The highest BCUT2D eigenvalue weighted by molar-refractivity contribution is 6.00. The molecule has 0 aliphatic carbocycles. The number of hydrogen-bond donors (Lipinski definition) is 2. The van der Waals surface area contributed by atoms with Crippen molar-refractivity contribution in [2.75, 3.05) is 30.5 Å². The van der Waals surface area contributed by atoms with Gasteiger partial charge in [-0.3, -0.25) is 4.98 Å². The first-order valence-electron chi connectivity index (χ1n) is 8.64. The lowest BCUT2D eigenvalue weighted by Crippen LogP contribution is -2.19. The fourth-order valence-electron chi connectivity index (χ4n) is 2.30. The van der Waals surface area contributed by atoms with Crippen LogP contribution >= 0.6 is 0 Å². The molecule has 2 N–H and O–H groups in total. The van der Waals surface area contributed by atoms with Crippen LogP contribution in [0.15, 0.2) is 30.5 Å². The average molecular weight is 359 g/mol. The molecule has 0 atom stereocenters. The van der Waals surface area contributed by atoms with Gasteiger partial charge >= 0.3 is 6.03 Å². The van der Waals surface area contributed by atoms with Gasteiger partial charge in [-0.1, -0.05) is 0 Å². The number of nitrogens with zero attached hydrogens (tertiary/aromatic N) is 1. The SMILES string of the molecule is CCOc1cc(NC(=O)Nc2ccc(C)nc2)cc(OCC)c1OCC. The summed E-state index contributed by atoms with van der Waals surface area (Å²) in [6.07, 6.45) is 1.60. The van der Waals surface area contributed by atoms with E-state index in [1.165, 1.54) is 0 Å². The zero-order valence-corrected chi connectivity index (χ0v) is 15.6. The predicted molar refractivity (Wildman–Crippen MR) is 102 cm³/mol. The average Bonchev–Trinajstić information content (AvgIpc) is 2.60. The van der Waals surface area contributed by atoms with Crippen LogP contribution in [0, 0.1) is 6.92 Å². The maximum Gasteiger partial charge on any atom is 0.323 e. The zero-order chi connectivity index (χ0) is 18.9. The molecule has 0 spiro atoms. The van der Waals surface area contributed by atoms with E-state index >= 15 is 0 Å². The summed E-state index contributed by atoms with van der Waals surface area (Å²) in [5.41, 5.74) is 2.03. The Bertz CT molecular complexity index is 705. The van der Waals surface area contributed by atoms with Gasteiger partial charge in [0.05, 0.1) is 37.4 Å². The molecule has 0 fully saturated rings. The molecule has 0 unspecified atom stereocenters. The van der Waals surface area contributed by atoms with Crippen molar-refractivity contribution in [2.24, 2.45) is 0 Å². The van der Waals surface area contributed by atoms with Gasteiger partial charge in [-0.25, -0.2) is 4.79 Å². The molecular formula is C19H25N3O4. The molecule has 2 aromatic rings. The largest absolute Gasteiger partial charge is 0.490 e. The summed E-state index contributed by atoms with van der Waals surface area (Å²) < 4.78 is 16.9. The van der Waals surface area contributed by atoms with Crippen molar-refractivity contribution >= 4 is 17.4 Å². The number of rotatable bonds is 8. The molecule has 0 bridgehead atoms. The lowest BCUT2D eigenvalue weighted by molar-refractivity contribution is 0.260. The standard InChI is InChI=1S/C19H25N3O4/c1-5-24-16-10-15(11-17(25-6-2)18(16)26-7-3)22-19(23)21-14-9-8-13(4)20-12-14/h8-12H,5-7H2,1-4H3,(H2,21,22,23). The number of nitrogens with one attached hydrogen (secondary N) is 2. The van der Waals surface area contributed by atoms with Gasteiger partial charge < -0.3 is 24.8 Å². The molecule has 0 radical (unpaired) electrons. The smallest absolute Gasteiger partial charge is 0.323 e. The summed E-state index contributed by atoms with van der Waals surface area (Å²) in [6, 6.07) is 6.66. The minimum absolute atomic E-state index is 0.385. The second-order valence-electron chi connectivity index (χ2n) is 5.37. The van der Waals surface area contributed by atoms with E-state index in [1.807, 2.05) is 33.8 Å². The van der Waals surface area contributed by atoms with Crippen LogP contribution in [-0.4, -0.2) is 30.8 Å². The third-order valence-electron chi connectivity index (χ3n) is 3.34. The van der Waals surface area contributed by atoms with Crippen molar-refractivity contribution in [3.63, 3.8) is 0 Å². The predicted octanol–water partition coefficient (Wildman–Crippen LogP) is 4.23. The first-order chi connectivity index (χ1) is 12.6. The minimum Gasteiger partial charge on any atom is -0.490 e. The van der Waals surface area contributed by atoms with Gasteiger partial charge in [-0.2, -0.15) is 0 Å². The molecule has 2 amide bonds. The van der Waals surface area contributed by atoms with Crippen molar-refractivity contribution in [2.45, 2.75) is 27.7 Å². The Balaban J connectivity index is 2.21. The Morgan fingerprint density at radius 1 is 0.923 bits per heavy atom. The Morgan fingerprint density at radius 3 is 2.00 bits per heavy atom. The highest BCUT2D eigenvalue weighted by Gasteiger charge is 2.16. The van der Waals surface area contributed by atoms with Gasteiger partial charge in [0.15, 0.2) is 11.5 Å². The second-order valence-corrected chi connectivity index (χ2v) is 5.37. The fourth-order valence-corrected chi connectivity index (χ4v) is 2.30. The molecule has 0 saturated heterocycles. The molecule has 1 aromatic heterocycles. The van der Waals surface area contributed by atoms with Crippen molar-refractivity contribution < 1.29 is 19.0 Å². The molecule has 140 valence electrons. The number of aryl methyl sites for hydroxylation is 1. The molecule has 7 heteroatoms. The maximum absolute atomic E-state index is 12.3. The summed E-state index contributed by atoms with van der Waals surface area (Å²) >= 11 is 0. The molecule has 2 rings (SSSR count). The van der Waals surface area contributed by atoms with E-state index < -0.39 is 0 Å². The van der Waals surface area contributed by atoms with Crippen LogP contribution in [0.2, 0.25) is 0 Å². The van der Waals surface area contributed by atoms with E-state index in [2.05, 4.69) is 15.6 Å². The zero-order valence-electron chi connectivity index (χ0n) is 15.6. The second kappa shape index (κ2) is 9.50. The lowest BCUT2D eigenvalue weighted by Gasteiger charge is -2.17. The van der Waals surface area contributed by atoms with Crippen LogP contribution in [0.4, 0.5) is 16.2 Å². The Hall–Kier alpha value is -2.96. The summed E-state index contributed by atoms with van der Waals surface area (Å²) in [5.74, 6) is 1.57. The first-order valence-corrected chi connectivity index (χ1v) is 8.64. The summed E-state index contributed by atoms with van der Waals surface area (Å²) in [6.45, 7) is 8.95. The monoisotopic (exact) mass is 359 g/mol. The Labute approximate surface area is 153 Å². The molecule has 1 aromatic carbocycles. The van der Waals surface area contributed by atoms with Gasteiger partial charge in [-0.15, -0.1) is 0 Å². The van der Waals surface area contributed by atoms with Gasteiger partial charge in [0, 0.05) is 17.8 Å². The number of urea groups is 1. The van der Waals surface area contributed by atoms with Crippen LogP contribution < -0.4 is 24.8 Å². The molecule has 26 heavy (non-hydrogen) atoms. The van der Waals surface area contributed by atoms with Crippen molar-refractivity contribution in [3.8, 4) is 17.2 Å². The third-order valence-corrected chi connectivity index (χ3v) is 3.34. The van der Waals surface area contributed by atoms with Crippen molar-refractivity contribution in [1.29, 1.82) is 0 Å². The summed E-state index contributed by atoms with van der Waals surface area (Å²) in [7, 11) is 0. The number of anilines is 2. The van der Waals surface area contributed by atoms with E-state index in [0.717, 1.165) is 5.69 Å².